The molecule has 1 aromatic heterocycles. The molecule has 1 aliphatic heterocycles. The van der Waals surface area contributed by atoms with E-state index < -0.39 is 34.1 Å². The lowest BCUT2D eigenvalue weighted by atomic mass is 9.80. The quantitative estimate of drug-likeness (QED) is 0.861. The number of ketones is 1. The van der Waals surface area contributed by atoms with Gasteiger partial charge in [0.25, 0.3) is 5.91 Å². The van der Waals surface area contributed by atoms with Crippen molar-refractivity contribution in [2.45, 2.75) is 33.4 Å². The molecule has 1 amide bonds. The second kappa shape index (κ2) is 6.61. The van der Waals surface area contributed by atoms with Gasteiger partial charge in [0.05, 0.1) is 0 Å². The highest BCUT2D eigenvalue weighted by Gasteiger charge is 2.37. The van der Waals surface area contributed by atoms with Crippen LogP contribution in [0.5, 0.6) is 5.75 Å². The zero-order chi connectivity index (χ0) is 19.9. The maximum Gasteiger partial charge on any atom is 0.257 e. The monoisotopic (exact) mass is 376 g/mol. The Kier molecular flexibility index (Phi) is 4.59. The average Bonchev–Trinajstić information content (AvgIpc) is 2.60. The van der Waals surface area contributed by atoms with Gasteiger partial charge in [-0.2, -0.15) is 0 Å². The minimum atomic E-state index is -0.968. The first-order chi connectivity index (χ1) is 12.6. The second-order valence-corrected chi connectivity index (χ2v) is 7.14. The van der Waals surface area contributed by atoms with Gasteiger partial charge in [-0.05, 0) is 12.5 Å². The van der Waals surface area contributed by atoms with E-state index in [9.17, 15) is 28.3 Å². The highest BCUT2D eigenvalue weighted by Crippen LogP contribution is 2.34. The fourth-order valence-corrected chi connectivity index (χ4v) is 3.00. The Bertz CT molecular complexity index is 1010. The highest BCUT2D eigenvalue weighted by molar-refractivity contribution is 6.02. The van der Waals surface area contributed by atoms with Crippen LogP contribution in [0.2, 0.25) is 0 Å². The largest absolute Gasteiger partial charge is 0.503 e. The molecule has 0 fully saturated rings. The SMILES string of the molecule is CC1(C)CCn2cc(C(=O)NCc3ccc(F)cc3F)c(=O)c(O)c2C1=O. The van der Waals surface area contributed by atoms with E-state index in [1.807, 2.05) is 0 Å². The van der Waals surface area contributed by atoms with Crippen molar-refractivity contribution in [2.75, 3.05) is 0 Å². The van der Waals surface area contributed by atoms with E-state index in [-0.39, 0.29) is 29.1 Å². The van der Waals surface area contributed by atoms with E-state index in [1.165, 1.54) is 16.8 Å². The van der Waals surface area contributed by atoms with E-state index in [1.54, 1.807) is 13.8 Å². The van der Waals surface area contributed by atoms with Crippen LogP contribution < -0.4 is 10.7 Å². The molecule has 1 aromatic carbocycles. The lowest BCUT2D eigenvalue weighted by molar-refractivity contribution is 0.0769. The summed E-state index contributed by atoms with van der Waals surface area (Å²) in [6, 6.07) is 2.93. The van der Waals surface area contributed by atoms with Gasteiger partial charge >= 0.3 is 0 Å². The van der Waals surface area contributed by atoms with Gasteiger partial charge in [0.15, 0.2) is 11.5 Å². The number of aromatic nitrogens is 1. The molecule has 2 aromatic rings. The number of rotatable bonds is 3. The predicted molar refractivity (Wildman–Crippen MR) is 92.6 cm³/mol. The van der Waals surface area contributed by atoms with Crippen LogP contribution in [0.25, 0.3) is 0 Å². The first-order valence-corrected chi connectivity index (χ1v) is 8.35. The van der Waals surface area contributed by atoms with E-state index in [0.29, 0.717) is 19.0 Å². The molecule has 0 radical (unpaired) electrons. The minimum Gasteiger partial charge on any atom is -0.503 e. The molecule has 1 aliphatic rings. The van der Waals surface area contributed by atoms with Crippen molar-refractivity contribution >= 4 is 11.7 Å². The summed E-state index contributed by atoms with van der Waals surface area (Å²) in [5, 5.41) is 12.6. The zero-order valence-electron chi connectivity index (χ0n) is 14.8. The fourth-order valence-electron chi connectivity index (χ4n) is 3.00. The Morgan fingerprint density at radius 2 is 2.00 bits per heavy atom. The molecule has 27 heavy (non-hydrogen) atoms. The Labute approximate surface area is 153 Å². The summed E-state index contributed by atoms with van der Waals surface area (Å²) in [6.45, 7) is 3.54. The van der Waals surface area contributed by atoms with Gasteiger partial charge in [0.1, 0.15) is 22.9 Å². The van der Waals surface area contributed by atoms with Gasteiger partial charge in [-0.25, -0.2) is 8.78 Å². The zero-order valence-corrected chi connectivity index (χ0v) is 14.8. The maximum absolute atomic E-state index is 13.7. The van der Waals surface area contributed by atoms with Crippen molar-refractivity contribution in [3.8, 4) is 5.75 Å². The van der Waals surface area contributed by atoms with Crippen molar-refractivity contribution in [3.05, 3.63) is 63.1 Å². The van der Waals surface area contributed by atoms with E-state index in [4.69, 9.17) is 0 Å². The first kappa shape index (κ1) is 18.8. The standard InChI is InChI=1S/C19H18F2N2O4/c1-19(2)5-6-23-9-12(15(24)16(25)14(23)17(19)26)18(27)22-8-10-3-4-11(20)7-13(10)21/h3-4,7,9,25H,5-6,8H2,1-2H3,(H,22,27). The summed E-state index contributed by atoms with van der Waals surface area (Å²) in [6.07, 6.45) is 1.71. The van der Waals surface area contributed by atoms with E-state index in [2.05, 4.69) is 5.32 Å². The van der Waals surface area contributed by atoms with Gasteiger partial charge in [-0.1, -0.05) is 19.9 Å². The predicted octanol–water partition coefficient (Wildman–Crippen LogP) is 2.37. The summed E-state index contributed by atoms with van der Waals surface area (Å²) in [4.78, 5) is 37.2. The van der Waals surface area contributed by atoms with Crippen molar-refractivity contribution in [1.29, 1.82) is 0 Å². The molecule has 0 unspecified atom stereocenters. The normalized spacial score (nSPS) is 15.3. The van der Waals surface area contributed by atoms with Crippen LogP contribution in [0.1, 0.15) is 46.7 Å². The Morgan fingerprint density at radius 3 is 2.67 bits per heavy atom. The molecule has 0 bridgehead atoms. The molecule has 0 aliphatic carbocycles. The Balaban J connectivity index is 1.89. The van der Waals surface area contributed by atoms with Gasteiger partial charge < -0.3 is 15.0 Å². The third-order valence-electron chi connectivity index (χ3n) is 4.76. The molecule has 3 rings (SSSR count). The number of nitrogens with zero attached hydrogens (tertiary/aromatic N) is 1. The lowest BCUT2D eigenvalue weighted by Gasteiger charge is -2.31. The molecule has 0 saturated heterocycles. The number of aryl methyl sites for hydroxylation is 1. The van der Waals surface area contributed by atoms with Crippen LogP contribution in [0.4, 0.5) is 8.78 Å². The summed E-state index contributed by atoms with van der Waals surface area (Å²) in [5.41, 5.74) is -2.11. The number of pyridine rings is 1. The van der Waals surface area contributed by atoms with Crippen LogP contribution in [-0.4, -0.2) is 21.4 Å². The average molecular weight is 376 g/mol. The van der Waals surface area contributed by atoms with Crippen molar-refractivity contribution in [2.24, 2.45) is 5.41 Å². The van der Waals surface area contributed by atoms with Crippen LogP contribution in [0.15, 0.2) is 29.2 Å². The van der Waals surface area contributed by atoms with Gasteiger partial charge in [-0.3, -0.25) is 14.4 Å². The molecule has 8 heteroatoms. The fraction of sp³-hybridized carbons (Fsp3) is 0.316. The highest BCUT2D eigenvalue weighted by atomic mass is 19.1. The third kappa shape index (κ3) is 3.34. The summed E-state index contributed by atoms with van der Waals surface area (Å²) < 4.78 is 28.0. The van der Waals surface area contributed by atoms with Gasteiger partial charge in [0.2, 0.25) is 5.43 Å². The third-order valence-corrected chi connectivity index (χ3v) is 4.76. The topological polar surface area (TPSA) is 88.4 Å². The molecule has 0 spiro atoms. The number of carbonyl (C=O) groups is 2. The number of Topliss-reactive ketones (excluding diaryl/α,β-unsaturated/α-hetero) is 1. The van der Waals surface area contributed by atoms with E-state index >= 15 is 0 Å². The number of carbonyl (C=O) groups excluding carboxylic acids is 2. The molecule has 0 saturated carbocycles. The molecule has 6 nitrogen and oxygen atoms in total. The van der Waals surface area contributed by atoms with E-state index in [0.717, 1.165) is 6.07 Å². The molecular weight excluding hydrogens is 358 g/mol. The number of nitrogens with one attached hydrogen (secondary N) is 1. The molecular formula is C19H18F2N2O4. The number of halogens is 2. The molecule has 2 heterocycles. The number of fused-ring (bicyclic) bond motifs is 1. The molecule has 0 atom stereocenters. The maximum atomic E-state index is 13.7. The number of aromatic hydroxyl groups is 1. The van der Waals surface area contributed by atoms with Crippen LogP contribution in [0.3, 0.4) is 0 Å². The van der Waals surface area contributed by atoms with Crippen molar-refractivity contribution < 1.29 is 23.5 Å². The Morgan fingerprint density at radius 1 is 1.30 bits per heavy atom. The van der Waals surface area contributed by atoms with Crippen molar-refractivity contribution in [3.63, 3.8) is 0 Å². The number of hydrogen-bond donors (Lipinski definition) is 2. The van der Waals surface area contributed by atoms with Gasteiger partial charge in [-0.15, -0.1) is 0 Å². The number of amides is 1. The summed E-state index contributed by atoms with van der Waals surface area (Å²) in [5.74, 6) is -3.54. The van der Waals surface area contributed by atoms with Crippen LogP contribution in [0, 0.1) is 17.0 Å². The van der Waals surface area contributed by atoms with Gasteiger partial charge in [0, 0.05) is 36.3 Å². The molecule has 142 valence electrons. The summed E-state index contributed by atoms with van der Waals surface area (Å²) >= 11 is 0. The smallest absolute Gasteiger partial charge is 0.257 e. The second-order valence-electron chi connectivity index (χ2n) is 7.14. The lowest BCUT2D eigenvalue weighted by Crippen LogP contribution is -2.37. The number of hydrogen-bond acceptors (Lipinski definition) is 4. The number of benzene rings is 1. The Hall–Kier alpha value is -3.03. The molecule has 2 N–H and O–H groups in total. The summed E-state index contributed by atoms with van der Waals surface area (Å²) in [7, 11) is 0. The van der Waals surface area contributed by atoms with Crippen LogP contribution in [-0.2, 0) is 13.1 Å². The first-order valence-electron chi connectivity index (χ1n) is 8.35. The van der Waals surface area contributed by atoms with Crippen LogP contribution >= 0.6 is 0 Å². The minimum absolute atomic E-state index is 0.0453. The van der Waals surface area contributed by atoms with Crippen molar-refractivity contribution in [1.82, 2.24) is 9.88 Å².